The fourth-order valence-corrected chi connectivity index (χ4v) is 11.8. The third kappa shape index (κ3) is 5.51. The fraction of sp³-hybridized carbons (Fsp3) is 0.0164. The topological polar surface area (TPSA) is 8.17 Å². The van der Waals surface area contributed by atoms with Gasteiger partial charge in [0, 0.05) is 53.7 Å². The Hall–Kier alpha value is -7.98. The summed E-state index contributed by atoms with van der Waals surface area (Å²) in [5.74, 6) is 0. The van der Waals surface area contributed by atoms with Gasteiger partial charge in [0.05, 0.1) is 16.4 Å². The van der Waals surface area contributed by atoms with Crippen molar-refractivity contribution in [2.24, 2.45) is 0 Å². The molecule has 0 atom stereocenters. The van der Waals surface area contributed by atoms with Gasteiger partial charge in [-0.2, -0.15) is 0 Å². The Labute approximate surface area is 376 Å². The molecule has 0 aliphatic heterocycles. The number of anilines is 3. The van der Waals surface area contributed by atoms with Gasteiger partial charge in [-0.1, -0.05) is 164 Å². The molecule has 300 valence electrons. The van der Waals surface area contributed by atoms with E-state index >= 15 is 0 Å². The Morgan fingerprint density at radius 2 is 0.859 bits per heavy atom. The summed E-state index contributed by atoms with van der Waals surface area (Å²) in [5, 5.41) is 5.15. The van der Waals surface area contributed by atoms with Crippen LogP contribution >= 0.6 is 11.3 Å². The van der Waals surface area contributed by atoms with Crippen molar-refractivity contribution >= 4 is 70.4 Å². The minimum Gasteiger partial charge on any atom is -0.310 e. The minimum absolute atomic E-state index is 0.509. The van der Waals surface area contributed by atoms with E-state index in [1.807, 2.05) is 11.3 Å². The lowest BCUT2D eigenvalue weighted by Gasteiger charge is -2.35. The average Bonchev–Trinajstić information content (AvgIpc) is 4.01. The number of nitrogens with zero attached hydrogens (tertiary/aromatic N) is 2. The van der Waals surface area contributed by atoms with Gasteiger partial charge in [0.1, 0.15) is 0 Å². The molecule has 10 aromatic carbocycles. The summed E-state index contributed by atoms with van der Waals surface area (Å²) in [6, 6.07) is 89.6. The summed E-state index contributed by atoms with van der Waals surface area (Å²) in [7, 11) is 0. The maximum absolute atomic E-state index is 2.46. The number of fused-ring (bicyclic) bond motifs is 9. The number of para-hydroxylation sites is 2. The van der Waals surface area contributed by atoms with Crippen LogP contribution in [0.2, 0.25) is 0 Å². The minimum atomic E-state index is -0.509. The lowest BCUT2D eigenvalue weighted by atomic mass is 9.67. The van der Waals surface area contributed by atoms with Crippen LogP contribution in [-0.2, 0) is 5.41 Å². The standard InChI is InChI=1S/C61H40N2S/c1-3-15-43(16-4-1)61(44-17-5-2-6-18-44)55-23-11-7-19-49(55)50-37-36-48(40-56(50)61)62(45-30-27-41(28-31-45)42-29-38-60-54(39-42)53-22-10-14-26-59(53)64-60)46-32-34-47(35-33-46)63-57-24-12-8-20-51(57)52-21-9-13-25-58(52)63/h1-40H. The van der Waals surface area contributed by atoms with E-state index in [0.717, 1.165) is 22.7 Å². The monoisotopic (exact) mass is 832 g/mol. The predicted molar refractivity (Wildman–Crippen MR) is 271 cm³/mol. The molecule has 0 saturated carbocycles. The van der Waals surface area contributed by atoms with Crippen LogP contribution in [0.25, 0.3) is 69.9 Å². The van der Waals surface area contributed by atoms with Gasteiger partial charge in [0.25, 0.3) is 0 Å². The smallest absolute Gasteiger partial charge is 0.0714 e. The summed E-state index contributed by atoms with van der Waals surface area (Å²) < 4.78 is 5.03. The molecule has 64 heavy (non-hydrogen) atoms. The molecule has 12 aromatic rings. The number of rotatable bonds is 7. The molecule has 1 aliphatic rings. The van der Waals surface area contributed by atoms with E-state index in [-0.39, 0.29) is 0 Å². The number of thiophene rings is 1. The van der Waals surface area contributed by atoms with E-state index in [9.17, 15) is 0 Å². The summed E-state index contributed by atoms with van der Waals surface area (Å²) in [4.78, 5) is 2.43. The fourth-order valence-electron chi connectivity index (χ4n) is 10.7. The molecule has 0 unspecified atom stereocenters. The van der Waals surface area contributed by atoms with E-state index in [2.05, 4.69) is 252 Å². The Morgan fingerprint density at radius 3 is 1.55 bits per heavy atom. The zero-order valence-electron chi connectivity index (χ0n) is 34.9. The third-order valence-electron chi connectivity index (χ3n) is 13.5. The zero-order chi connectivity index (χ0) is 42.2. The van der Waals surface area contributed by atoms with Crippen LogP contribution < -0.4 is 4.90 Å². The number of hydrogen-bond donors (Lipinski definition) is 0. The predicted octanol–water partition coefficient (Wildman–Crippen LogP) is 16.7. The Morgan fingerprint density at radius 1 is 0.344 bits per heavy atom. The maximum Gasteiger partial charge on any atom is 0.0714 e. The Balaban J connectivity index is 0.995. The van der Waals surface area contributed by atoms with Gasteiger partial charge in [0.2, 0.25) is 0 Å². The lowest BCUT2D eigenvalue weighted by Crippen LogP contribution is -2.28. The van der Waals surface area contributed by atoms with E-state index in [1.165, 1.54) is 86.5 Å². The normalized spacial score (nSPS) is 12.8. The Bertz CT molecular complexity index is 3620. The molecule has 3 heteroatoms. The SMILES string of the molecule is c1ccc(C2(c3ccccc3)c3ccccc3-c3ccc(N(c4ccc(-c5ccc6sc7ccccc7c6c5)cc4)c4ccc(-n5c6ccccc6c6ccccc65)cc4)cc32)cc1. The maximum atomic E-state index is 2.46. The van der Waals surface area contributed by atoms with Crippen LogP contribution in [0.5, 0.6) is 0 Å². The van der Waals surface area contributed by atoms with Crippen molar-refractivity contribution in [1.82, 2.24) is 4.57 Å². The van der Waals surface area contributed by atoms with Crippen LogP contribution in [0.4, 0.5) is 17.1 Å². The van der Waals surface area contributed by atoms with Gasteiger partial charge in [-0.25, -0.2) is 0 Å². The third-order valence-corrected chi connectivity index (χ3v) is 14.6. The van der Waals surface area contributed by atoms with Crippen molar-refractivity contribution in [3.8, 4) is 27.9 Å². The van der Waals surface area contributed by atoms with Gasteiger partial charge in [-0.05, 0) is 123 Å². The van der Waals surface area contributed by atoms with Crippen molar-refractivity contribution in [1.29, 1.82) is 0 Å². The summed E-state index contributed by atoms with van der Waals surface area (Å²) >= 11 is 1.86. The first-order chi connectivity index (χ1) is 31.7. The van der Waals surface area contributed by atoms with Gasteiger partial charge in [0.15, 0.2) is 0 Å². The highest BCUT2D eigenvalue weighted by molar-refractivity contribution is 7.25. The van der Waals surface area contributed by atoms with E-state index in [0.29, 0.717) is 0 Å². The van der Waals surface area contributed by atoms with Crippen LogP contribution in [0, 0.1) is 0 Å². The molecular formula is C61H40N2S. The van der Waals surface area contributed by atoms with Crippen LogP contribution in [0.15, 0.2) is 243 Å². The molecular weight excluding hydrogens is 793 g/mol. The van der Waals surface area contributed by atoms with Crippen LogP contribution in [0.3, 0.4) is 0 Å². The number of hydrogen-bond acceptors (Lipinski definition) is 2. The zero-order valence-corrected chi connectivity index (χ0v) is 35.7. The van der Waals surface area contributed by atoms with E-state index in [4.69, 9.17) is 0 Å². The first-order valence-corrected chi connectivity index (χ1v) is 22.8. The van der Waals surface area contributed by atoms with Gasteiger partial charge >= 0.3 is 0 Å². The van der Waals surface area contributed by atoms with Gasteiger partial charge in [-0.3, -0.25) is 0 Å². The van der Waals surface area contributed by atoms with Crippen molar-refractivity contribution in [2.75, 3.05) is 4.90 Å². The second-order valence-corrected chi connectivity index (χ2v) is 17.9. The van der Waals surface area contributed by atoms with Crippen molar-refractivity contribution < 1.29 is 0 Å². The molecule has 1 aliphatic carbocycles. The van der Waals surface area contributed by atoms with E-state index in [1.54, 1.807) is 0 Å². The van der Waals surface area contributed by atoms with Crippen molar-refractivity contribution in [3.63, 3.8) is 0 Å². The largest absolute Gasteiger partial charge is 0.310 e. The van der Waals surface area contributed by atoms with Crippen molar-refractivity contribution in [2.45, 2.75) is 5.41 Å². The van der Waals surface area contributed by atoms with E-state index < -0.39 is 5.41 Å². The number of benzene rings is 10. The second-order valence-electron chi connectivity index (χ2n) is 16.8. The quantitative estimate of drug-likeness (QED) is 0.155. The summed E-state index contributed by atoms with van der Waals surface area (Å²) in [5.41, 5.74) is 16.4. The Kier molecular flexibility index (Phi) is 8.34. The molecule has 0 radical (unpaired) electrons. The summed E-state index contributed by atoms with van der Waals surface area (Å²) in [6.07, 6.45) is 0. The highest BCUT2D eigenvalue weighted by Gasteiger charge is 2.46. The van der Waals surface area contributed by atoms with Crippen molar-refractivity contribution in [3.05, 3.63) is 265 Å². The summed E-state index contributed by atoms with van der Waals surface area (Å²) in [6.45, 7) is 0. The lowest BCUT2D eigenvalue weighted by molar-refractivity contribution is 0.768. The molecule has 2 nitrogen and oxygen atoms in total. The molecule has 0 fully saturated rings. The number of aromatic nitrogens is 1. The molecule has 2 heterocycles. The second kappa shape index (κ2) is 14.6. The van der Waals surface area contributed by atoms with Crippen LogP contribution in [0.1, 0.15) is 22.3 Å². The first-order valence-electron chi connectivity index (χ1n) is 22.0. The molecule has 0 bridgehead atoms. The van der Waals surface area contributed by atoms with Gasteiger partial charge < -0.3 is 9.47 Å². The molecule has 0 saturated heterocycles. The molecule has 2 aromatic heterocycles. The first kappa shape index (κ1) is 36.7. The van der Waals surface area contributed by atoms with Gasteiger partial charge in [-0.15, -0.1) is 11.3 Å². The highest BCUT2D eigenvalue weighted by atomic mass is 32.1. The molecule has 0 amide bonds. The average molecular weight is 833 g/mol. The molecule has 13 rings (SSSR count). The molecule has 0 N–H and O–H groups in total. The molecule has 0 spiro atoms. The van der Waals surface area contributed by atoms with Crippen LogP contribution in [-0.4, -0.2) is 4.57 Å². The highest BCUT2D eigenvalue weighted by Crippen LogP contribution is 2.57.